The van der Waals surface area contributed by atoms with E-state index in [1.165, 1.54) is 0 Å². The van der Waals surface area contributed by atoms with Crippen LogP contribution in [0.1, 0.15) is 51.4 Å². The Labute approximate surface area is 226 Å². The van der Waals surface area contributed by atoms with Gasteiger partial charge in [-0.25, -0.2) is 0 Å². The third-order valence-electron chi connectivity index (χ3n) is 6.09. The minimum Gasteiger partial charge on any atom is -0.487 e. The quantitative estimate of drug-likeness (QED) is 0.331. The lowest BCUT2D eigenvalue weighted by Crippen LogP contribution is -2.34. The number of rotatable bonds is 9. The molecule has 198 valence electrons. The van der Waals surface area contributed by atoms with Gasteiger partial charge < -0.3 is 14.2 Å². The molecule has 1 saturated heterocycles. The Hall–Kier alpha value is -2.91. The summed E-state index contributed by atoms with van der Waals surface area (Å²) in [7, 11) is 0. The Morgan fingerprint density at radius 2 is 1.92 bits per heavy atom. The predicted octanol–water partition coefficient (Wildman–Crippen LogP) is 5.07. The van der Waals surface area contributed by atoms with Crippen molar-refractivity contribution in [3.8, 4) is 5.75 Å². The Balaban J connectivity index is 1.51. The molecular formula is C28H34BrN3O5. The van der Waals surface area contributed by atoms with Gasteiger partial charge in [0.15, 0.2) is 0 Å². The first kappa shape index (κ1) is 27.1. The Morgan fingerprint density at radius 3 is 2.68 bits per heavy atom. The van der Waals surface area contributed by atoms with Crippen LogP contribution in [0.4, 0.5) is 0 Å². The maximum atomic E-state index is 12.3. The highest BCUT2D eigenvalue weighted by Gasteiger charge is 2.29. The standard InChI is InChI=1S/C28H34BrN3O5/c1-5-35-26(33)14-19-8-6-7-9-25(19)36-18-23-22-15-20(29)10-11-24(22)32(30-23)21-12-13-31(16-21)17-27(34)37-28(2,3)4/h6-11,15,21H,5,12-14,16-18H2,1-4H3. The van der Waals surface area contributed by atoms with E-state index >= 15 is 0 Å². The molecule has 37 heavy (non-hydrogen) atoms. The highest BCUT2D eigenvalue weighted by atomic mass is 79.9. The van der Waals surface area contributed by atoms with Crippen molar-refractivity contribution in [3.05, 3.63) is 58.2 Å². The molecule has 0 spiro atoms. The number of hydrogen-bond acceptors (Lipinski definition) is 7. The zero-order valence-corrected chi connectivity index (χ0v) is 23.4. The molecule has 0 N–H and O–H groups in total. The van der Waals surface area contributed by atoms with E-state index in [1.54, 1.807) is 6.92 Å². The number of fused-ring (bicyclic) bond motifs is 1. The molecule has 1 aliphatic rings. The Morgan fingerprint density at radius 1 is 1.14 bits per heavy atom. The molecule has 0 amide bonds. The maximum Gasteiger partial charge on any atom is 0.320 e. The van der Waals surface area contributed by atoms with E-state index in [4.69, 9.17) is 19.3 Å². The van der Waals surface area contributed by atoms with Crippen molar-refractivity contribution in [2.75, 3.05) is 26.2 Å². The summed E-state index contributed by atoms with van der Waals surface area (Å²) in [4.78, 5) is 26.5. The zero-order valence-electron chi connectivity index (χ0n) is 21.8. The molecule has 0 bridgehead atoms. The molecule has 2 heterocycles. The summed E-state index contributed by atoms with van der Waals surface area (Å²) in [6.07, 6.45) is 1.04. The summed E-state index contributed by atoms with van der Waals surface area (Å²) in [6.45, 7) is 9.82. The first-order chi connectivity index (χ1) is 17.6. The second-order valence-electron chi connectivity index (χ2n) is 10.2. The van der Waals surface area contributed by atoms with Gasteiger partial charge in [0.25, 0.3) is 0 Å². The summed E-state index contributed by atoms with van der Waals surface area (Å²) in [5.74, 6) is 0.144. The van der Waals surface area contributed by atoms with E-state index in [0.29, 0.717) is 12.4 Å². The first-order valence-electron chi connectivity index (χ1n) is 12.6. The van der Waals surface area contributed by atoms with E-state index in [9.17, 15) is 9.59 Å². The minimum absolute atomic E-state index is 0.135. The highest BCUT2D eigenvalue weighted by Crippen LogP contribution is 2.31. The van der Waals surface area contributed by atoms with Crippen molar-refractivity contribution < 1.29 is 23.8 Å². The van der Waals surface area contributed by atoms with Crippen molar-refractivity contribution in [3.63, 3.8) is 0 Å². The number of aromatic nitrogens is 2. The number of halogens is 1. The van der Waals surface area contributed by atoms with Crippen LogP contribution in [-0.2, 0) is 32.1 Å². The van der Waals surface area contributed by atoms with Gasteiger partial charge in [-0.1, -0.05) is 34.1 Å². The fourth-order valence-electron chi connectivity index (χ4n) is 4.58. The van der Waals surface area contributed by atoms with Gasteiger partial charge in [0.2, 0.25) is 0 Å². The fraction of sp³-hybridized carbons (Fsp3) is 0.464. The van der Waals surface area contributed by atoms with Gasteiger partial charge in [0.1, 0.15) is 23.7 Å². The van der Waals surface area contributed by atoms with Crippen LogP contribution < -0.4 is 4.74 Å². The van der Waals surface area contributed by atoms with Crippen LogP contribution in [-0.4, -0.2) is 58.5 Å². The molecule has 1 unspecified atom stereocenters. The van der Waals surface area contributed by atoms with Crippen LogP contribution >= 0.6 is 15.9 Å². The molecule has 1 atom stereocenters. The minimum atomic E-state index is -0.494. The van der Waals surface area contributed by atoms with Gasteiger partial charge in [-0.05, 0) is 58.4 Å². The molecule has 3 aromatic rings. The van der Waals surface area contributed by atoms with Gasteiger partial charge in [-0.15, -0.1) is 0 Å². The number of carbonyl (C=O) groups excluding carboxylic acids is 2. The summed E-state index contributed by atoms with van der Waals surface area (Å²) < 4.78 is 19.8. The molecule has 0 aliphatic carbocycles. The summed E-state index contributed by atoms with van der Waals surface area (Å²) >= 11 is 3.58. The molecule has 9 heteroatoms. The lowest BCUT2D eigenvalue weighted by atomic mass is 10.1. The number of para-hydroxylation sites is 1. The van der Waals surface area contributed by atoms with E-state index in [1.807, 2.05) is 51.1 Å². The third kappa shape index (κ3) is 7.11. The van der Waals surface area contributed by atoms with E-state index in [0.717, 1.165) is 46.1 Å². The number of benzene rings is 2. The first-order valence-corrected chi connectivity index (χ1v) is 13.4. The van der Waals surface area contributed by atoms with Gasteiger partial charge in [-0.3, -0.25) is 19.2 Å². The fourth-order valence-corrected chi connectivity index (χ4v) is 4.94. The number of nitrogens with zero attached hydrogens (tertiary/aromatic N) is 3. The van der Waals surface area contributed by atoms with Gasteiger partial charge in [0, 0.05) is 28.5 Å². The Bertz CT molecular complexity index is 1270. The van der Waals surface area contributed by atoms with Gasteiger partial charge in [0.05, 0.1) is 31.1 Å². The van der Waals surface area contributed by atoms with E-state index in [-0.39, 0.29) is 37.6 Å². The summed E-state index contributed by atoms with van der Waals surface area (Å²) in [6, 6.07) is 13.7. The monoisotopic (exact) mass is 571 g/mol. The molecule has 0 saturated carbocycles. The van der Waals surface area contributed by atoms with E-state index < -0.39 is 5.60 Å². The molecule has 0 radical (unpaired) electrons. The van der Waals surface area contributed by atoms with Crippen LogP contribution in [0.2, 0.25) is 0 Å². The lowest BCUT2D eigenvalue weighted by molar-refractivity contribution is -0.155. The number of likely N-dealkylation sites (tertiary alicyclic amines) is 1. The summed E-state index contributed by atoms with van der Waals surface area (Å²) in [5.41, 5.74) is 2.11. The molecule has 1 fully saturated rings. The molecule has 1 aromatic heterocycles. The number of esters is 2. The van der Waals surface area contributed by atoms with Crippen molar-refractivity contribution in [2.45, 2.75) is 58.8 Å². The molecule has 8 nitrogen and oxygen atoms in total. The zero-order chi connectivity index (χ0) is 26.6. The third-order valence-corrected chi connectivity index (χ3v) is 6.58. The number of carbonyl (C=O) groups is 2. The average Bonchev–Trinajstić information content (AvgIpc) is 3.41. The second-order valence-corrected chi connectivity index (χ2v) is 11.1. The maximum absolute atomic E-state index is 12.3. The largest absolute Gasteiger partial charge is 0.487 e. The van der Waals surface area contributed by atoms with Crippen LogP contribution in [0.25, 0.3) is 10.9 Å². The van der Waals surface area contributed by atoms with Crippen molar-refractivity contribution >= 4 is 38.8 Å². The normalized spacial score (nSPS) is 16.2. The predicted molar refractivity (Wildman–Crippen MR) is 144 cm³/mol. The second kappa shape index (κ2) is 11.6. The topological polar surface area (TPSA) is 82.9 Å². The van der Waals surface area contributed by atoms with Crippen LogP contribution in [0.15, 0.2) is 46.9 Å². The number of hydrogen-bond donors (Lipinski definition) is 0. The molecule has 4 rings (SSSR count). The molecular weight excluding hydrogens is 538 g/mol. The SMILES string of the molecule is CCOC(=O)Cc1ccccc1OCc1nn(C2CCN(CC(=O)OC(C)(C)C)C2)c2ccc(Br)cc12. The van der Waals surface area contributed by atoms with Gasteiger partial charge >= 0.3 is 11.9 Å². The Kier molecular flexibility index (Phi) is 8.54. The lowest BCUT2D eigenvalue weighted by Gasteiger charge is -2.22. The van der Waals surface area contributed by atoms with Crippen molar-refractivity contribution in [1.82, 2.24) is 14.7 Å². The number of ether oxygens (including phenoxy) is 3. The van der Waals surface area contributed by atoms with Crippen molar-refractivity contribution in [2.24, 2.45) is 0 Å². The van der Waals surface area contributed by atoms with Crippen LogP contribution in [0.5, 0.6) is 5.75 Å². The van der Waals surface area contributed by atoms with Gasteiger partial charge in [-0.2, -0.15) is 5.10 Å². The smallest absolute Gasteiger partial charge is 0.320 e. The van der Waals surface area contributed by atoms with E-state index in [2.05, 4.69) is 37.6 Å². The van der Waals surface area contributed by atoms with Crippen molar-refractivity contribution in [1.29, 1.82) is 0 Å². The molecule has 2 aromatic carbocycles. The van der Waals surface area contributed by atoms with Crippen LogP contribution in [0.3, 0.4) is 0 Å². The van der Waals surface area contributed by atoms with Crippen LogP contribution in [0, 0.1) is 0 Å². The highest BCUT2D eigenvalue weighted by molar-refractivity contribution is 9.10. The average molecular weight is 573 g/mol. The molecule has 1 aliphatic heterocycles. The summed E-state index contributed by atoms with van der Waals surface area (Å²) in [5, 5.41) is 5.96.